The minimum atomic E-state index is -4.60. The summed E-state index contributed by atoms with van der Waals surface area (Å²) in [5.74, 6) is -0.435. The van der Waals surface area contributed by atoms with Crippen LogP contribution in [0.15, 0.2) is 23.6 Å². The molecule has 2 aromatic heterocycles. The number of alkyl halides is 3. The molecule has 2 aromatic rings. The van der Waals surface area contributed by atoms with Crippen molar-refractivity contribution >= 4 is 5.84 Å². The number of hydrogen-bond donors (Lipinski definition) is 2. The smallest absolute Gasteiger partial charge is 0.409 e. The number of amidine groups is 1. The SMILES string of the molecule is Cc1ncn(-c2nc(C(F)(F)F)ccc2C(N)=NO)c1C. The van der Waals surface area contributed by atoms with Gasteiger partial charge in [0, 0.05) is 5.69 Å². The monoisotopic (exact) mass is 299 g/mol. The van der Waals surface area contributed by atoms with E-state index in [1.54, 1.807) is 13.8 Å². The highest BCUT2D eigenvalue weighted by Crippen LogP contribution is 2.29. The van der Waals surface area contributed by atoms with Crippen LogP contribution in [-0.4, -0.2) is 25.6 Å². The van der Waals surface area contributed by atoms with Crippen molar-refractivity contribution in [3.05, 3.63) is 41.1 Å². The summed E-state index contributed by atoms with van der Waals surface area (Å²) < 4.78 is 39.8. The molecule has 0 saturated heterocycles. The van der Waals surface area contributed by atoms with E-state index < -0.39 is 11.9 Å². The Morgan fingerprint density at radius 1 is 1.33 bits per heavy atom. The molecule has 0 unspecified atom stereocenters. The van der Waals surface area contributed by atoms with Gasteiger partial charge in [-0.25, -0.2) is 9.97 Å². The van der Waals surface area contributed by atoms with Crippen LogP contribution in [-0.2, 0) is 6.18 Å². The molecule has 0 amide bonds. The van der Waals surface area contributed by atoms with E-state index in [0.29, 0.717) is 11.4 Å². The Balaban J connectivity index is 2.73. The molecular weight excluding hydrogens is 287 g/mol. The van der Waals surface area contributed by atoms with E-state index in [1.807, 2.05) is 0 Å². The first-order valence-corrected chi connectivity index (χ1v) is 5.82. The zero-order valence-electron chi connectivity index (χ0n) is 11.2. The predicted molar refractivity (Wildman–Crippen MR) is 68.3 cm³/mol. The van der Waals surface area contributed by atoms with Gasteiger partial charge in [-0.2, -0.15) is 13.2 Å². The molecule has 0 radical (unpaired) electrons. The van der Waals surface area contributed by atoms with Crippen LogP contribution in [0.3, 0.4) is 0 Å². The van der Waals surface area contributed by atoms with Crippen molar-refractivity contribution < 1.29 is 18.4 Å². The Bertz CT molecular complexity index is 705. The highest BCUT2D eigenvalue weighted by Gasteiger charge is 2.33. The lowest BCUT2D eigenvalue weighted by Gasteiger charge is -2.13. The van der Waals surface area contributed by atoms with E-state index in [4.69, 9.17) is 10.9 Å². The maximum atomic E-state index is 12.8. The number of oxime groups is 1. The maximum absolute atomic E-state index is 12.8. The lowest BCUT2D eigenvalue weighted by molar-refractivity contribution is -0.141. The van der Waals surface area contributed by atoms with Gasteiger partial charge < -0.3 is 10.9 Å². The summed E-state index contributed by atoms with van der Waals surface area (Å²) in [6.07, 6.45) is -3.26. The van der Waals surface area contributed by atoms with Crippen LogP contribution in [0.25, 0.3) is 5.82 Å². The number of aromatic nitrogens is 3. The molecule has 9 heteroatoms. The second-order valence-electron chi connectivity index (χ2n) is 4.34. The van der Waals surface area contributed by atoms with E-state index in [-0.39, 0.29) is 17.2 Å². The first-order chi connectivity index (χ1) is 9.75. The van der Waals surface area contributed by atoms with Gasteiger partial charge in [0.05, 0.1) is 11.3 Å². The van der Waals surface area contributed by atoms with Gasteiger partial charge in [0.2, 0.25) is 0 Å². The molecule has 2 heterocycles. The Hall–Kier alpha value is -2.58. The molecule has 112 valence electrons. The van der Waals surface area contributed by atoms with Crippen LogP contribution < -0.4 is 5.73 Å². The standard InChI is InChI=1S/C12H12F3N5O/c1-6-7(2)20(5-17-6)11-8(10(16)19-21)3-4-9(18-11)12(13,14)15/h3-5,21H,1-2H3,(H2,16,19). The van der Waals surface area contributed by atoms with Crippen molar-refractivity contribution in [2.45, 2.75) is 20.0 Å². The Labute approximate surface area is 117 Å². The molecule has 0 bridgehead atoms. The second kappa shape index (κ2) is 5.08. The van der Waals surface area contributed by atoms with Gasteiger partial charge in [0.15, 0.2) is 5.84 Å². The van der Waals surface area contributed by atoms with Crippen LogP contribution in [0.2, 0.25) is 0 Å². The number of nitrogens with two attached hydrogens (primary N) is 1. The van der Waals surface area contributed by atoms with E-state index >= 15 is 0 Å². The topological polar surface area (TPSA) is 89.3 Å². The number of nitrogens with zero attached hydrogens (tertiary/aromatic N) is 4. The first kappa shape index (κ1) is 14.8. The Morgan fingerprint density at radius 2 is 2.00 bits per heavy atom. The second-order valence-corrected chi connectivity index (χ2v) is 4.34. The summed E-state index contributed by atoms with van der Waals surface area (Å²) in [5, 5.41) is 11.6. The molecule has 3 N–H and O–H groups in total. The fourth-order valence-electron chi connectivity index (χ4n) is 1.76. The summed E-state index contributed by atoms with van der Waals surface area (Å²) >= 11 is 0. The molecule has 0 spiro atoms. The molecule has 0 aliphatic rings. The zero-order valence-corrected chi connectivity index (χ0v) is 11.2. The third kappa shape index (κ3) is 2.67. The quantitative estimate of drug-likeness (QED) is 0.384. The van der Waals surface area contributed by atoms with Crippen LogP contribution in [0.1, 0.15) is 22.6 Å². The number of halogens is 3. The summed E-state index contributed by atoms with van der Waals surface area (Å²) in [6, 6.07) is 1.88. The lowest BCUT2D eigenvalue weighted by Crippen LogP contribution is -2.20. The lowest BCUT2D eigenvalue weighted by atomic mass is 10.2. The summed E-state index contributed by atoms with van der Waals surface area (Å²) in [5.41, 5.74) is 5.74. The average molecular weight is 299 g/mol. The van der Waals surface area contributed by atoms with Crippen molar-refractivity contribution in [2.24, 2.45) is 10.9 Å². The Morgan fingerprint density at radius 3 is 2.48 bits per heavy atom. The molecule has 0 aromatic carbocycles. The minimum Gasteiger partial charge on any atom is -0.409 e. The fraction of sp³-hybridized carbons (Fsp3) is 0.250. The van der Waals surface area contributed by atoms with Gasteiger partial charge in [-0.3, -0.25) is 4.57 Å². The van der Waals surface area contributed by atoms with Gasteiger partial charge in [-0.15, -0.1) is 0 Å². The van der Waals surface area contributed by atoms with Crippen LogP contribution >= 0.6 is 0 Å². The molecule has 0 fully saturated rings. The van der Waals surface area contributed by atoms with Crippen LogP contribution in [0, 0.1) is 13.8 Å². The van der Waals surface area contributed by atoms with Crippen LogP contribution in [0.4, 0.5) is 13.2 Å². The van der Waals surface area contributed by atoms with Crippen LogP contribution in [0.5, 0.6) is 0 Å². The predicted octanol–water partition coefficient (Wildman–Crippen LogP) is 2.00. The summed E-state index contributed by atoms with van der Waals surface area (Å²) in [6.45, 7) is 3.39. The number of imidazole rings is 1. The molecule has 2 rings (SSSR count). The zero-order chi connectivity index (χ0) is 15.8. The van der Waals surface area contributed by atoms with Gasteiger partial charge >= 0.3 is 6.18 Å². The van der Waals surface area contributed by atoms with E-state index in [0.717, 1.165) is 12.1 Å². The Kier molecular flexibility index (Phi) is 3.58. The van der Waals surface area contributed by atoms with Gasteiger partial charge in [-0.1, -0.05) is 5.16 Å². The van der Waals surface area contributed by atoms with Crippen molar-refractivity contribution in [2.75, 3.05) is 0 Å². The third-order valence-corrected chi connectivity index (χ3v) is 3.03. The third-order valence-electron chi connectivity index (χ3n) is 3.03. The minimum absolute atomic E-state index is 0.0750. The molecular formula is C12H12F3N5O. The van der Waals surface area contributed by atoms with Crippen molar-refractivity contribution in [3.63, 3.8) is 0 Å². The summed E-state index contributed by atoms with van der Waals surface area (Å²) in [4.78, 5) is 7.59. The van der Waals surface area contributed by atoms with Gasteiger partial charge in [0.25, 0.3) is 0 Å². The molecule has 21 heavy (non-hydrogen) atoms. The molecule has 0 aliphatic heterocycles. The first-order valence-electron chi connectivity index (χ1n) is 5.82. The van der Waals surface area contributed by atoms with Gasteiger partial charge in [0.1, 0.15) is 17.8 Å². The van der Waals surface area contributed by atoms with Crippen molar-refractivity contribution in [1.82, 2.24) is 14.5 Å². The molecule has 0 aliphatic carbocycles. The summed E-state index contributed by atoms with van der Waals surface area (Å²) in [7, 11) is 0. The molecule has 0 atom stereocenters. The van der Waals surface area contributed by atoms with Crippen molar-refractivity contribution in [1.29, 1.82) is 0 Å². The number of hydrogen-bond acceptors (Lipinski definition) is 4. The highest BCUT2D eigenvalue weighted by molar-refractivity contribution is 5.99. The van der Waals surface area contributed by atoms with Crippen molar-refractivity contribution in [3.8, 4) is 5.82 Å². The number of aryl methyl sites for hydroxylation is 1. The van der Waals surface area contributed by atoms with E-state index in [9.17, 15) is 13.2 Å². The van der Waals surface area contributed by atoms with Gasteiger partial charge in [-0.05, 0) is 26.0 Å². The van der Waals surface area contributed by atoms with E-state index in [2.05, 4.69) is 15.1 Å². The maximum Gasteiger partial charge on any atom is 0.433 e. The average Bonchev–Trinajstić information content (AvgIpc) is 2.76. The largest absolute Gasteiger partial charge is 0.433 e. The number of pyridine rings is 1. The molecule has 0 saturated carbocycles. The normalized spacial score (nSPS) is 12.7. The number of rotatable bonds is 2. The van der Waals surface area contributed by atoms with E-state index in [1.165, 1.54) is 10.9 Å². The highest BCUT2D eigenvalue weighted by atomic mass is 19.4. The molecule has 6 nitrogen and oxygen atoms in total. The fourth-order valence-corrected chi connectivity index (χ4v) is 1.76.